The van der Waals surface area contributed by atoms with Crippen LogP contribution in [0.25, 0.3) is 0 Å². The Kier molecular flexibility index (Phi) is 5.13. The van der Waals surface area contributed by atoms with Crippen LogP contribution in [-0.2, 0) is 6.54 Å². The van der Waals surface area contributed by atoms with Crippen LogP contribution in [0.4, 0.5) is 17.5 Å². The lowest BCUT2D eigenvalue weighted by atomic mass is 10.2. The summed E-state index contributed by atoms with van der Waals surface area (Å²) in [6.45, 7) is 0.714. The maximum Gasteiger partial charge on any atom is 0.249 e. The zero-order valence-corrected chi connectivity index (χ0v) is 14.5. The number of anilines is 3. The van der Waals surface area contributed by atoms with Crippen LogP contribution >= 0.6 is 23.2 Å². The van der Waals surface area contributed by atoms with Crippen LogP contribution in [0.3, 0.4) is 0 Å². The third kappa shape index (κ3) is 3.93. The van der Waals surface area contributed by atoms with Gasteiger partial charge in [-0.25, -0.2) is 0 Å². The molecule has 0 unspecified atom stereocenters. The van der Waals surface area contributed by atoms with Crippen LogP contribution < -0.4 is 10.2 Å². The Morgan fingerprint density at radius 2 is 1.71 bits per heavy atom. The first-order chi connectivity index (χ1) is 11.6. The third-order valence-electron chi connectivity index (χ3n) is 3.40. The summed E-state index contributed by atoms with van der Waals surface area (Å²) < 4.78 is 0. The molecule has 0 fully saturated rings. The molecule has 1 N–H and O–H groups in total. The summed E-state index contributed by atoms with van der Waals surface area (Å²) in [5, 5.41) is 12.0. The van der Waals surface area contributed by atoms with Gasteiger partial charge in [-0.05, 0) is 17.7 Å². The van der Waals surface area contributed by atoms with Crippen molar-refractivity contribution in [3.63, 3.8) is 0 Å². The van der Waals surface area contributed by atoms with E-state index in [1.54, 1.807) is 24.4 Å². The summed E-state index contributed by atoms with van der Waals surface area (Å²) in [4.78, 5) is 6.46. The van der Waals surface area contributed by atoms with Crippen LogP contribution in [0.1, 0.15) is 5.56 Å². The van der Waals surface area contributed by atoms with Gasteiger partial charge in [0.2, 0.25) is 5.95 Å². The number of hydrogen-bond acceptors (Lipinski definition) is 5. The number of rotatable bonds is 5. The van der Waals surface area contributed by atoms with Gasteiger partial charge in [0, 0.05) is 13.6 Å². The Hall–Kier alpha value is -2.37. The summed E-state index contributed by atoms with van der Waals surface area (Å²) >= 11 is 12.3. The molecular formula is C17H15Cl2N5. The molecule has 0 saturated heterocycles. The lowest BCUT2D eigenvalue weighted by Crippen LogP contribution is -2.18. The summed E-state index contributed by atoms with van der Waals surface area (Å²) in [5.41, 5.74) is 1.74. The lowest BCUT2D eigenvalue weighted by molar-refractivity contribution is 0.866. The van der Waals surface area contributed by atoms with Crippen LogP contribution in [0.2, 0.25) is 10.0 Å². The van der Waals surface area contributed by atoms with Gasteiger partial charge in [-0.1, -0.05) is 59.6 Å². The SMILES string of the molecule is CN(Cc1ccccc1)c1cnnc(Nc2c(Cl)cccc2Cl)n1. The number of nitrogens with zero attached hydrogens (tertiary/aromatic N) is 4. The van der Waals surface area contributed by atoms with Gasteiger partial charge >= 0.3 is 0 Å². The normalized spacial score (nSPS) is 10.5. The zero-order chi connectivity index (χ0) is 16.9. The van der Waals surface area contributed by atoms with Crippen molar-refractivity contribution < 1.29 is 0 Å². The van der Waals surface area contributed by atoms with E-state index < -0.39 is 0 Å². The molecule has 1 heterocycles. The highest BCUT2D eigenvalue weighted by atomic mass is 35.5. The maximum absolute atomic E-state index is 6.16. The van der Waals surface area contributed by atoms with Crippen molar-refractivity contribution in [2.45, 2.75) is 6.54 Å². The topological polar surface area (TPSA) is 53.9 Å². The number of benzene rings is 2. The molecule has 0 bridgehead atoms. The predicted octanol–water partition coefficient (Wildman–Crippen LogP) is 4.56. The Morgan fingerprint density at radius 1 is 1.00 bits per heavy atom. The molecule has 0 aliphatic rings. The fourth-order valence-electron chi connectivity index (χ4n) is 2.20. The van der Waals surface area contributed by atoms with Gasteiger partial charge in [0.1, 0.15) is 0 Å². The second kappa shape index (κ2) is 7.47. The van der Waals surface area contributed by atoms with Gasteiger partial charge in [0.15, 0.2) is 5.82 Å². The van der Waals surface area contributed by atoms with Crippen LogP contribution in [-0.4, -0.2) is 22.2 Å². The van der Waals surface area contributed by atoms with Gasteiger partial charge in [-0.3, -0.25) is 0 Å². The molecule has 5 nitrogen and oxygen atoms in total. The van der Waals surface area contributed by atoms with Crippen molar-refractivity contribution in [3.05, 3.63) is 70.3 Å². The molecule has 0 aliphatic carbocycles. The molecule has 3 rings (SSSR count). The number of halogens is 2. The minimum Gasteiger partial charge on any atom is -0.354 e. The quantitative estimate of drug-likeness (QED) is 0.723. The molecule has 0 aliphatic heterocycles. The molecule has 0 spiro atoms. The van der Waals surface area contributed by atoms with Gasteiger partial charge in [-0.2, -0.15) is 10.1 Å². The summed E-state index contributed by atoms with van der Waals surface area (Å²) in [6.07, 6.45) is 1.61. The Balaban J connectivity index is 1.79. The molecule has 0 radical (unpaired) electrons. The maximum atomic E-state index is 6.16. The first-order valence-corrected chi connectivity index (χ1v) is 8.05. The van der Waals surface area contributed by atoms with Gasteiger partial charge in [0.05, 0.1) is 21.9 Å². The van der Waals surface area contributed by atoms with Gasteiger partial charge in [0.25, 0.3) is 0 Å². The molecular weight excluding hydrogens is 345 g/mol. The number of aromatic nitrogens is 3. The third-order valence-corrected chi connectivity index (χ3v) is 4.03. The highest BCUT2D eigenvalue weighted by molar-refractivity contribution is 6.39. The van der Waals surface area contributed by atoms with E-state index in [1.807, 2.05) is 30.1 Å². The molecule has 0 atom stereocenters. The number of nitrogens with one attached hydrogen (secondary N) is 1. The molecule has 122 valence electrons. The number of hydrogen-bond donors (Lipinski definition) is 1. The first-order valence-electron chi connectivity index (χ1n) is 7.29. The van der Waals surface area contributed by atoms with Crippen molar-refractivity contribution in [2.24, 2.45) is 0 Å². The standard InChI is InChI=1S/C17H15Cl2N5/c1-24(11-12-6-3-2-4-7-12)15-10-20-23-17(21-15)22-16-13(18)8-5-9-14(16)19/h2-10H,11H2,1H3,(H,21,22,23). The largest absolute Gasteiger partial charge is 0.354 e. The van der Waals surface area contributed by atoms with E-state index >= 15 is 0 Å². The minimum atomic E-state index is 0.336. The average molecular weight is 360 g/mol. The summed E-state index contributed by atoms with van der Waals surface area (Å²) in [6, 6.07) is 15.4. The van der Waals surface area contributed by atoms with E-state index in [2.05, 4.69) is 32.6 Å². The second-order valence-electron chi connectivity index (χ2n) is 5.20. The first kappa shape index (κ1) is 16.5. The van der Waals surface area contributed by atoms with Gasteiger partial charge in [-0.15, -0.1) is 5.10 Å². The summed E-state index contributed by atoms with van der Waals surface area (Å²) in [5.74, 6) is 1.03. The van der Waals surface area contributed by atoms with E-state index in [-0.39, 0.29) is 0 Å². The molecule has 24 heavy (non-hydrogen) atoms. The zero-order valence-electron chi connectivity index (χ0n) is 12.9. The van der Waals surface area contributed by atoms with E-state index in [0.29, 0.717) is 34.0 Å². The van der Waals surface area contributed by atoms with E-state index in [1.165, 1.54) is 5.56 Å². The van der Waals surface area contributed by atoms with Crippen LogP contribution in [0, 0.1) is 0 Å². The Morgan fingerprint density at radius 3 is 2.42 bits per heavy atom. The molecule has 0 amide bonds. The van der Waals surface area contributed by atoms with Crippen molar-refractivity contribution >= 4 is 40.7 Å². The minimum absolute atomic E-state index is 0.336. The Bertz CT molecular complexity index is 806. The monoisotopic (exact) mass is 359 g/mol. The fraction of sp³-hybridized carbons (Fsp3) is 0.118. The average Bonchev–Trinajstić information content (AvgIpc) is 2.59. The van der Waals surface area contributed by atoms with Crippen LogP contribution in [0.5, 0.6) is 0 Å². The highest BCUT2D eigenvalue weighted by Gasteiger charge is 2.10. The van der Waals surface area contributed by atoms with Crippen LogP contribution in [0.15, 0.2) is 54.7 Å². The second-order valence-corrected chi connectivity index (χ2v) is 6.02. The van der Waals surface area contributed by atoms with Crippen molar-refractivity contribution in [1.82, 2.24) is 15.2 Å². The molecule has 1 aromatic heterocycles. The fourth-order valence-corrected chi connectivity index (χ4v) is 2.69. The van der Waals surface area contributed by atoms with Crippen molar-refractivity contribution in [2.75, 3.05) is 17.3 Å². The smallest absolute Gasteiger partial charge is 0.249 e. The highest BCUT2D eigenvalue weighted by Crippen LogP contribution is 2.31. The Labute approximate surface area is 150 Å². The van der Waals surface area contributed by atoms with Gasteiger partial charge < -0.3 is 10.2 Å². The van der Waals surface area contributed by atoms with E-state index in [9.17, 15) is 0 Å². The van der Waals surface area contributed by atoms with Crippen molar-refractivity contribution in [3.8, 4) is 0 Å². The lowest BCUT2D eigenvalue weighted by Gasteiger charge is -2.18. The summed E-state index contributed by atoms with van der Waals surface area (Å²) in [7, 11) is 1.95. The molecule has 2 aromatic carbocycles. The van der Waals surface area contributed by atoms with E-state index in [4.69, 9.17) is 23.2 Å². The molecule has 3 aromatic rings. The van der Waals surface area contributed by atoms with Crippen molar-refractivity contribution in [1.29, 1.82) is 0 Å². The van der Waals surface area contributed by atoms with E-state index in [0.717, 1.165) is 0 Å². The molecule has 0 saturated carbocycles. The molecule has 7 heteroatoms. The predicted molar refractivity (Wildman–Crippen MR) is 98.1 cm³/mol. The number of para-hydroxylation sites is 1.